The minimum Gasteiger partial charge on any atom is -0.379 e. The second-order valence-electron chi connectivity index (χ2n) is 4.59. The molecule has 2 fully saturated rings. The van der Waals surface area contributed by atoms with Gasteiger partial charge in [0.2, 0.25) is 0 Å². The van der Waals surface area contributed by atoms with Gasteiger partial charge in [0, 0.05) is 19.0 Å². The topological polar surface area (TPSA) is 55.6 Å². The Morgan fingerprint density at radius 1 is 1.64 bits per heavy atom. The molecular formula is C10H18N2O2. The van der Waals surface area contributed by atoms with E-state index >= 15 is 0 Å². The standard InChI is InChI=1S/C10H18N2O2/c1-12-3-2-8(4-12)9(13)10(5-11)6-14-7-10/h8H,2-7,11H2,1H3. The van der Waals surface area contributed by atoms with Gasteiger partial charge in [-0.15, -0.1) is 0 Å². The van der Waals surface area contributed by atoms with Crippen LogP contribution in [-0.4, -0.2) is 50.6 Å². The fraction of sp³-hybridized carbons (Fsp3) is 0.900. The van der Waals surface area contributed by atoms with Crippen LogP contribution >= 0.6 is 0 Å². The van der Waals surface area contributed by atoms with E-state index in [1.807, 2.05) is 0 Å². The van der Waals surface area contributed by atoms with Crippen molar-refractivity contribution in [3.8, 4) is 0 Å². The second kappa shape index (κ2) is 3.61. The molecule has 0 aromatic rings. The van der Waals surface area contributed by atoms with E-state index < -0.39 is 0 Å². The van der Waals surface area contributed by atoms with Crippen LogP contribution in [0.3, 0.4) is 0 Å². The van der Waals surface area contributed by atoms with Crippen molar-refractivity contribution >= 4 is 5.78 Å². The number of hydrogen-bond donors (Lipinski definition) is 1. The van der Waals surface area contributed by atoms with Gasteiger partial charge in [-0.1, -0.05) is 0 Å². The van der Waals surface area contributed by atoms with Crippen LogP contribution in [0.5, 0.6) is 0 Å². The number of ketones is 1. The average molecular weight is 198 g/mol. The highest BCUT2D eigenvalue weighted by Crippen LogP contribution is 2.33. The molecule has 2 N–H and O–H groups in total. The lowest BCUT2D eigenvalue weighted by atomic mass is 9.76. The van der Waals surface area contributed by atoms with Crippen LogP contribution in [0.4, 0.5) is 0 Å². The summed E-state index contributed by atoms with van der Waals surface area (Å²) >= 11 is 0. The number of ether oxygens (including phenoxy) is 1. The lowest BCUT2D eigenvalue weighted by Crippen LogP contribution is -2.56. The predicted molar refractivity (Wildman–Crippen MR) is 52.9 cm³/mol. The Morgan fingerprint density at radius 3 is 2.71 bits per heavy atom. The highest BCUT2D eigenvalue weighted by molar-refractivity contribution is 5.88. The highest BCUT2D eigenvalue weighted by Gasteiger charge is 2.47. The molecule has 2 aliphatic rings. The number of likely N-dealkylation sites (tertiary alicyclic amines) is 1. The molecule has 80 valence electrons. The van der Waals surface area contributed by atoms with Crippen LogP contribution in [0.1, 0.15) is 6.42 Å². The van der Waals surface area contributed by atoms with Gasteiger partial charge in [0.05, 0.1) is 18.6 Å². The van der Waals surface area contributed by atoms with Gasteiger partial charge in [0.25, 0.3) is 0 Å². The van der Waals surface area contributed by atoms with E-state index in [-0.39, 0.29) is 11.3 Å². The number of carbonyl (C=O) groups excluding carboxylic acids is 1. The van der Waals surface area contributed by atoms with Crippen molar-refractivity contribution in [3.63, 3.8) is 0 Å². The van der Waals surface area contributed by atoms with Gasteiger partial charge in [0.15, 0.2) is 0 Å². The first kappa shape index (κ1) is 10.1. The minimum absolute atomic E-state index is 0.187. The summed E-state index contributed by atoms with van der Waals surface area (Å²) in [6, 6.07) is 0. The zero-order valence-electron chi connectivity index (χ0n) is 8.66. The fourth-order valence-corrected chi connectivity index (χ4v) is 2.29. The largest absolute Gasteiger partial charge is 0.379 e. The number of hydrogen-bond acceptors (Lipinski definition) is 4. The average Bonchev–Trinajstić information content (AvgIpc) is 2.50. The van der Waals surface area contributed by atoms with E-state index in [1.165, 1.54) is 0 Å². The summed E-state index contributed by atoms with van der Waals surface area (Å²) < 4.78 is 5.12. The molecule has 2 aliphatic heterocycles. The van der Waals surface area contributed by atoms with Crippen LogP contribution in [0.2, 0.25) is 0 Å². The monoisotopic (exact) mass is 198 g/mol. The number of carbonyl (C=O) groups is 1. The summed E-state index contributed by atoms with van der Waals surface area (Å²) in [7, 11) is 2.06. The first-order valence-electron chi connectivity index (χ1n) is 5.19. The maximum atomic E-state index is 12.1. The first-order valence-corrected chi connectivity index (χ1v) is 5.19. The van der Waals surface area contributed by atoms with E-state index in [0.717, 1.165) is 19.5 Å². The zero-order valence-corrected chi connectivity index (χ0v) is 8.66. The Morgan fingerprint density at radius 2 is 2.36 bits per heavy atom. The summed E-state index contributed by atoms with van der Waals surface area (Å²) in [5.74, 6) is 0.517. The van der Waals surface area contributed by atoms with Crippen LogP contribution in [0, 0.1) is 11.3 Å². The van der Waals surface area contributed by atoms with Crippen LogP contribution in [-0.2, 0) is 9.53 Å². The third kappa shape index (κ3) is 1.47. The van der Waals surface area contributed by atoms with Crippen molar-refractivity contribution in [3.05, 3.63) is 0 Å². The molecule has 2 rings (SSSR count). The highest BCUT2D eigenvalue weighted by atomic mass is 16.5. The zero-order chi connectivity index (χ0) is 10.2. The fourth-order valence-electron chi connectivity index (χ4n) is 2.29. The van der Waals surface area contributed by atoms with E-state index in [4.69, 9.17) is 10.5 Å². The van der Waals surface area contributed by atoms with Crippen molar-refractivity contribution in [2.75, 3.05) is 39.9 Å². The summed E-state index contributed by atoms with van der Waals surface area (Å²) in [4.78, 5) is 14.3. The van der Waals surface area contributed by atoms with E-state index in [0.29, 0.717) is 25.5 Å². The molecule has 1 atom stereocenters. The third-order valence-electron chi connectivity index (χ3n) is 3.43. The van der Waals surface area contributed by atoms with E-state index in [1.54, 1.807) is 0 Å². The molecule has 0 aromatic heterocycles. The summed E-state index contributed by atoms with van der Waals surface area (Å²) in [6.45, 7) is 3.41. The Labute approximate surface area is 84.4 Å². The Kier molecular flexibility index (Phi) is 2.60. The van der Waals surface area contributed by atoms with Gasteiger partial charge in [-0.2, -0.15) is 0 Å². The molecule has 2 heterocycles. The number of nitrogens with zero attached hydrogens (tertiary/aromatic N) is 1. The summed E-state index contributed by atoms with van der Waals surface area (Å²) in [5, 5.41) is 0. The molecule has 1 unspecified atom stereocenters. The minimum atomic E-state index is -0.337. The van der Waals surface area contributed by atoms with Crippen molar-refractivity contribution in [1.29, 1.82) is 0 Å². The smallest absolute Gasteiger partial charge is 0.149 e. The molecule has 0 radical (unpaired) electrons. The SMILES string of the molecule is CN1CCC(C(=O)C2(CN)COC2)C1. The molecule has 0 bridgehead atoms. The summed E-state index contributed by atoms with van der Waals surface area (Å²) in [6.07, 6.45) is 0.983. The van der Waals surface area contributed by atoms with Gasteiger partial charge >= 0.3 is 0 Å². The Balaban J connectivity index is 2.00. The molecule has 14 heavy (non-hydrogen) atoms. The van der Waals surface area contributed by atoms with Gasteiger partial charge in [0.1, 0.15) is 5.78 Å². The molecule has 0 amide bonds. The van der Waals surface area contributed by atoms with Crippen molar-refractivity contribution in [2.24, 2.45) is 17.1 Å². The number of rotatable bonds is 3. The Hall–Kier alpha value is -0.450. The van der Waals surface area contributed by atoms with Crippen molar-refractivity contribution < 1.29 is 9.53 Å². The predicted octanol–water partition coefficient (Wildman–Crippen LogP) is -0.517. The maximum absolute atomic E-state index is 12.1. The summed E-state index contributed by atoms with van der Waals surface area (Å²) in [5.41, 5.74) is 5.32. The lowest BCUT2D eigenvalue weighted by molar-refractivity contribution is -0.160. The molecule has 0 saturated carbocycles. The molecular weight excluding hydrogens is 180 g/mol. The van der Waals surface area contributed by atoms with Crippen LogP contribution in [0.15, 0.2) is 0 Å². The van der Waals surface area contributed by atoms with Crippen LogP contribution in [0.25, 0.3) is 0 Å². The maximum Gasteiger partial charge on any atom is 0.149 e. The number of nitrogens with two attached hydrogens (primary N) is 1. The van der Waals surface area contributed by atoms with E-state index in [2.05, 4.69) is 11.9 Å². The van der Waals surface area contributed by atoms with Crippen LogP contribution < -0.4 is 5.73 Å². The van der Waals surface area contributed by atoms with Crippen molar-refractivity contribution in [1.82, 2.24) is 4.90 Å². The van der Waals surface area contributed by atoms with Gasteiger partial charge in [-0.3, -0.25) is 4.79 Å². The van der Waals surface area contributed by atoms with Crippen molar-refractivity contribution in [2.45, 2.75) is 6.42 Å². The molecule has 2 saturated heterocycles. The van der Waals surface area contributed by atoms with Gasteiger partial charge in [-0.25, -0.2) is 0 Å². The normalized spacial score (nSPS) is 31.4. The van der Waals surface area contributed by atoms with Gasteiger partial charge < -0.3 is 15.4 Å². The molecule has 0 aromatic carbocycles. The molecule has 0 aliphatic carbocycles. The van der Waals surface area contributed by atoms with E-state index in [9.17, 15) is 4.79 Å². The van der Waals surface area contributed by atoms with Gasteiger partial charge in [-0.05, 0) is 20.0 Å². The molecule has 0 spiro atoms. The third-order valence-corrected chi connectivity index (χ3v) is 3.43. The molecule has 4 heteroatoms. The lowest BCUT2D eigenvalue weighted by Gasteiger charge is -2.40. The first-order chi connectivity index (χ1) is 6.68. The second-order valence-corrected chi connectivity index (χ2v) is 4.59. The number of Topliss-reactive ketones (excluding diaryl/α,β-unsaturated/α-hetero) is 1. The molecule has 4 nitrogen and oxygen atoms in total. The Bertz CT molecular complexity index is 233. The quantitative estimate of drug-likeness (QED) is 0.663.